The number of rotatable bonds is 6. The van der Waals surface area contributed by atoms with Crippen LogP contribution in [0.1, 0.15) is 21.5 Å². The molecule has 1 aromatic heterocycles. The van der Waals surface area contributed by atoms with Crippen molar-refractivity contribution in [2.24, 2.45) is 0 Å². The Bertz CT molecular complexity index is 1160. The third-order valence-corrected chi connectivity index (χ3v) is 5.74. The van der Waals surface area contributed by atoms with Gasteiger partial charge in [0.1, 0.15) is 5.82 Å². The lowest BCUT2D eigenvalue weighted by Crippen LogP contribution is -2.44. The number of benzene rings is 2. The Labute approximate surface area is 195 Å². The van der Waals surface area contributed by atoms with Crippen molar-refractivity contribution in [2.75, 3.05) is 55.8 Å². The van der Waals surface area contributed by atoms with Crippen molar-refractivity contribution in [2.45, 2.75) is 6.18 Å². The number of piperazine rings is 1. The molecule has 0 unspecified atom stereocenters. The molecule has 1 aliphatic heterocycles. The van der Waals surface area contributed by atoms with Crippen molar-refractivity contribution in [1.82, 2.24) is 14.9 Å². The Morgan fingerprint density at radius 3 is 2.29 bits per heavy atom. The number of halogens is 3. The molecule has 4 rings (SSSR count). The molecule has 0 radical (unpaired) electrons. The molecule has 7 nitrogen and oxygen atoms in total. The first-order valence-electron chi connectivity index (χ1n) is 10.8. The second kappa shape index (κ2) is 9.68. The van der Waals surface area contributed by atoms with Crippen molar-refractivity contribution in [3.63, 3.8) is 0 Å². The highest BCUT2D eigenvalue weighted by molar-refractivity contribution is 6.12. The minimum atomic E-state index is -4.65. The Morgan fingerprint density at radius 2 is 1.65 bits per heavy atom. The Balaban J connectivity index is 1.52. The monoisotopic (exact) mass is 470 g/mol. The Kier molecular flexibility index (Phi) is 6.69. The quantitative estimate of drug-likeness (QED) is 0.522. The highest BCUT2D eigenvalue weighted by Gasteiger charge is 2.35. The number of ketones is 1. The molecule has 0 spiro atoms. The summed E-state index contributed by atoms with van der Waals surface area (Å²) in [6.45, 7) is 3.95. The average Bonchev–Trinajstić information content (AvgIpc) is 2.84. The fourth-order valence-electron chi connectivity index (χ4n) is 3.82. The number of nitrogens with one attached hydrogen (secondary N) is 2. The number of nitrogens with zero attached hydrogens (tertiary/aromatic N) is 4. The molecule has 1 aliphatic rings. The van der Waals surface area contributed by atoms with E-state index in [-0.39, 0.29) is 17.3 Å². The van der Waals surface area contributed by atoms with Gasteiger partial charge in [-0.1, -0.05) is 18.2 Å². The van der Waals surface area contributed by atoms with E-state index < -0.39 is 23.1 Å². The number of aromatic nitrogens is 2. The van der Waals surface area contributed by atoms with Gasteiger partial charge in [-0.05, 0) is 37.4 Å². The van der Waals surface area contributed by atoms with E-state index in [0.29, 0.717) is 0 Å². The molecule has 178 valence electrons. The van der Waals surface area contributed by atoms with Gasteiger partial charge >= 0.3 is 6.18 Å². The van der Waals surface area contributed by atoms with E-state index in [2.05, 4.69) is 37.4 Å². The van der Waals surface area contributed by atoms with E-state index in [4.69, 9.17) is 0 Å². The van der Waals surface area contributed by atoms with Gasteiger partial charge in [-0.15, -0.1) is 0 Å². The maximum atomic E-state index is 13.4. The van der Waals surface area contributed by atoms with Crippen LogP contribution in [0.3, 0.4) is 0 Å². The summed E-state index contributed by atoms with van der Waals surface area (Å²) < 4.78 is 40.1. The molecule has 0 atom stereocenters. The number of hydrogen-bond donors (Lipinski definition) is 2. The lowest BCUT2D eigenvalue weighted by atomic mass is 9.99. The van der Waals surface area contributed by atoms with Gasteiger partial charge in [0, 0.05) is 56.4 Å². The van der Waals surface area contributed by atoms with Gasteiger partial charge in [-0.2, -0.15) is 18.2 Å². The highest BCUT2D eigenvalue weighted by Crippen LogP contribution is 2.33. The van der Waals surface area contributed by atoms with Gasteiger partial charge in [0.05, 0.1) is 11.1 Å². The van der Waals surface area contributed by atoms with Crippen LogP contribution in [0.2, 0.25) is 0 Å². The zero-order chi connectivity index (χ0) is 24.3. The number of carbonyl (C=O) groups is 1. The van der Waals surface area contributed by atoms with Crippen molar-refractivity contribution in [1.29, 1.82) is 0 Å². The minimum absolute atomic E-state index is 0.0461. The van der Waals surface area contributed by atoms with E-state index in [0.717, 1.165) is 49.7 Å². The van der Waals surface area contributed by atoms with Crippen LogP contribution in [0.15, 0.2) is 54.7 Å². The topological polar surface area (TPSA) is 73.4 Å². The van der Waals surface area contributed by atoms with Crippen molar-refractivity contribution in [3.8, 4) is 0 Å². The first kappa shape index (κ1) is 23.5. The molecule has 2 aromatic carbocycles. The first-order valence-corrected chi connectivity index (χ1v) is 10.8. The predicted octanol–water partition coefficient (Wildman–Crippen LogP) is 4.26. The molecule has 0 bridgehead atoms. The lowest BCUT2D eigenvalue weighted by Gasteiger charge is -2.34. The van der Waals surface area contributed by atoms with Crippen LogP contribution in [0.5, 0.6) is 0 Å². The van der Waals surface area contributed by atoms with E-state index in [1.165, 1.54) is 18.3 Å². The van der Waals surface area contributed by atoms with Crippen LogP contribution in [0, 0.1) is 0 Å². The van der Waals surface area contributed by atoms with Crippen LogP contribution in [-0.2, 0) is 6.18 Å². The smallest absolute Gasteiger partial charge is 0.372 e. The molecule has 1 fully saturated rings. The number of likely N-dealkylation sites (N-methyl/N-ethyl adjacent to an activating group) is 1. The molecule has 10 heteroatoms. The van der Waals surface area contributed by atoms with Crippen molar-refractivity contribution < 1.29 is 18.0 Å². The summed E-state index contributed by atoms with van der Waals surface area (Å²) in [5.74, 6) is -0.453. The standard InChI is InChI=1S/C24H25F3N6O/c1-28-22-19(21(34)18-5-3-4-6-20(18)24(25,26)27)15-29-23(31-22)30-16-7-9-17(10-8-16)33-13-11-32(2)12-14-33/h3-10,15H,11-14H2,1-2H3,(H2,28,29,30,31). The summed E-state index contributed by atoms with van der Waals surface area (Å²) in [6, 6.07) is 12.5. The molecule has 0 saturated carbocycles. The molecule has 1 saturated heterocycles. The maximum Gasteiger partial charge on any atom is 0.417 e. The second-order valence-electron chi connectivity index (χ2n) is 8.04. The van der Waals surface area contributed by atoms with E-state index >= 15 is 0 Å². The van der Waals surface area contributed by atoms with Gasteiger partial charge in [0.2, 0.25) is 5.95 Å². The van der Waals surface area contributed by atoms with Gasteiger partial charge in [-0.3, -0.25) is 4.79 Å². The van der Waals surface area contributed by atoms with Crippen molar-refractivity contribution in [3.05, 3.63) is 71.4 Å². The molecule has 2 N–H and O–H groups in total. The largest absolute Gasteiger partial charge is 0.417 e. The molecule has 3 aromatic rings. The number of alkyl halides is 3. The molecule has 0 amide bonds. The maximum absolute atomic E-state index is 13.4. The van der Waals surface area contributed by atoms with Gasteiger partial charge in [0.25, 0.3) is 0 Å². The van der Waals surface area contributed by atoms with Gasteiger partial charge in [-0.25, -0.2) is 4.98 Å². The summed E-state index contributed by atoms with van der Waals surface area (Å²) >= 11 is 0. The van der Waals surface area contributed by atoms with Crippen LogP contribution in [0.4, 0.5) is 36.3 Å². The van der Waals surface area contributed by atoms with Gasteiger partial charge < -0.3 is 20.4 Å². The molecule has 0 aliphatic carbocycles. The normalized spacial score (nSPS) is 14.7. The third kappa shape index (κ3) is 5.12. The molecular formula is C24H25F3N6O. The summed E-state index contributed by atoms with van der Waals surface area (Å²) in [5, 5.41) is 5.86. The predicted molar refractivity (Wildman–Crippen MR) is 126 cm³/mol. The third-order valence-electron chi connectivity index (χ3n) is 5.74. The average molecular weight is 470 g/mol. The minimum Gasteiger partial charge on any atom is -0.372 e. The van der Waals surface area contributed by atoms with Crippen molar-refractivity contribution >= 4 is 28.9 Å². The second-order valence-corrected chi connectivity index (χ2v) is 8.04. The fourth-order valence-corrected chi connectivity index (χ4v) is 3.82. The lowest BCUT2D eigenvalue weighted by molar-refractivity contribution is -0.137. The van der Waals surface area contributed by atoms with Crippen LogP contribution in [-0.4, -0.2) is 60.9 Å². The summed E-state index contributed by atoms with van der Waals surface area (Å²) in [5.41, 5.74) is 0.386. The summed E-state index contributed by atoms with van der Waals surface area (Å²) in [4.78, 5) is 26.0. The molecular weight excluding hydrogens is 445 g/mol. The summed E-state index contributed by atoms with van der Waals surface area (Å²) in [7, 11) is 3.65. The van der Waals surface area contributed by atoms with E-state index in [1.807, 2.05) is 24.3 Å². The fraction of sp³-hybridized carbons (Fsp3) is 0.292. The number of hydrogen-bond acceptors (Lipinski definition) is 7. The Hall–Kier alpha value is -3.66. The van der Waals surface area contributed by atoms with Crippen LogP contribution >= 0.6 is 0 Å². The zero-order valence-corrected chi connectivity index (χ0v) is 18.9. The van der Waals surface area contributed by atoms with Crippen LogP contribution in [0.25, 0.3) is 0 Å². The zero-order valence-electron chi connectivity index (χ0n) is 18.9. The van der Waals surface area contributed by atoms with Gasteiger partial charge in [0.15, 0.2) is 5.78 Å². The highest BCUT2D eigenvalue weighted by atomic mass is 19.4. The molecule has 34 heavy (non-hydrogen) atoms. The summed E-state index contributed by atoms with van der Waals surface area (Å²) in [6.07, 6.45) is -3.42. The van der Waals surface area contributed by atoms with Crippen LogP contribution < -0.4 is 15.5 Å². The Morgan fingerprint density at radius 1 is 0.971 bits per heavy atom. The number of anilines is 4. The van der Waals surface area contributed by atoms with E-state index in [1.54, 1.807) is 7.05 Å². The number of carbonyl (C=O) groups excluding carboxylic acids is 1. The first-order chi connectivity index (χ1) is 16.3. The van der Waals surface area contributed by atoms with E-state index in [9.17, 15) is 18.0 Å². The SMILES string of the molecule is CNc1nc(Nc2ccc(N3CCN(C)CC3)cc2)ncc1C(=O)c1ccccc1C(F)(F)F. The molecule has 2 heterocycles.